The van der Waals surface area contributed by atoms with Crippen LogP contribution in [0.4, 0.5) is 0 Å². The fourth-order valence-electron chi connectivity index (χ4n) is 0.391. The molecule has 0 amide bonds. The molecular weight excluding hydrogens is 116 g/mol. The lowest BCUT2D eigenvalue weighted by atomic mass is 10.3. The third-order valence-corrected chi connectivity index (χ3v) is 0.781. The predicted octanol–water partition coefficient (Wildman–Crippen LogP) is -0.227. The monoisotopic (exact) mass is 126 g/mol. The fourth-order valence-corrected chi connectivity index (χ4v) is 0.391. The average Bonchev–Trinajstić information content (AvgIpc) is 1.80. The van der Waals surface area contributed by atoms with Crippen molar-refractivity contribution < 1.29 is 0 Å². The first-order chi connectivity index (χ1) is 4.27. The van der Waals surface area contributed by atoms with Crippen LogP contribution in [0, 0.1) is 16.7 Å². The van der Waals surface area contributed by atoms with Gasteiger partial charge in [-0.1, -0.05) is 0 Å². The predicted molar refractivity (Wildman–Crippen MR) is 34.8 cm³/mol. The van der Waals surface area contributed by atoms with Gasteiger partial charge in [0, 0.05) is 13.0 Å². The van der Waals surface area contributed by atoms with Crippen LogP contribution in [0.3, 0.4) is 0 Å². The Kier molecular flexibility index (Phi) is 4.23. The summed E-state index contributed by atoms with van der Waals surface area (Å²) < 4.78 is 0. The Morgan fingerprint density at radius 1 is 1.78 bits per heavy atom. The van der Waals surface area contributed by atoms with Crippen LogP contribution in [-0.4, -0.2) is 12.5 Å². The summed E-state index contributed by atoms with van der Waals surface area (Å²) in [5.74, 6) is -0.0343. The molecule has 9 heavy (non-hydrogen) atoms. The van der Waals surface area contributed by atoms with Gasteiger partial charge in [-0.25, -0.2) is 0 Å². The van der Waals surface area contributed by atoms with Gasteiger partial charge in [-0.2, -0.15) is 5.26 Å². The number of nitrogens with zero attached hydrogens (tertiary/aromatic N) is 1. The van der Waals surface area contributed by atoms with Gasteiger partial charge in [0.2, 0.25) is 0 Å². The standard InChI is InChI=1S/C5H10N4/c6-3-1-2-4-9-5(7)8/h1-2,4H2,(H4,7,8,9). The normalized spacial score (nSPS) is 7.89. The van der Waals surface area contributed by atoms with E-state index in [-0.39, 0.29) is 5.96 Å². The van der Waals surface area contributed by atoms with E-state index in [1.807, 2.05) is 6.07 Å². The molecule has 0 aliphatic rings. The molecular formula is C5H10N4. The van der Waals surface area contributed by atoms with Crippen molar-refractivity contribution in [1.82, 2.24) is 5.32 Å². The van der Waals surface area contributed by atoms with E-state index in [1.54, 1.807) is 0 Å². The molecule has 0 aliphatic heterocycles. The molecule has 4 heteroatoms. The van der Waals surface area contributed by atoms with Crippen LogP contribution >= 0.6 is 0 Å². The van der Waals surface area contributed by atoms with Crippen molar-refractivity contribution in [1.29, 1.82) is 10.7 Å². The molecule has 0 bridgehead atoms. The van der Waals surface area contributed by atoms with Crippen molar-refractivity contribution in [2.24, 2.45) is 5.73 Å². The third kappa shape index (κ3) is 6.76. The number of guanidine groups is 1. The molecule has 0 radical (unpaired) electrons. The molecule has 0 saturated carbocycles. The molecule has 0 unspecified atom stereocenters. The maximum absolute atomic E-state index is 8.07. The molecule has 4 N–H and O–H groups in total. The van der Waals surface area contributed by atoms with E-state index in [4.69, 9.17) is 16.4 Å². The second-order valence-corrected chi connectivity index (χ2v) is 1.60. The molecule has 0 atom stereocenters. The Balaban J connectivity index is 2.94. The van der Waals surface area contributed by atoms with Crippen molar-refractivity contribution >= 4 is 5.96 Å². The maximum Gasteiger partial charge on any atom is 0.185 e. The summed E-state index contributed by atoms with van der Waals surface area (Å²) in [5, 5.41) is 17.4. The first-order valence-corrected chi connectivity index (χ1v) is 2.72. The minimum Gasteiger partial charge on any atom is -0.370 e. The van der Waals surface area contributed by atoms with E-state index in [1.165, 1.54) is 0 Å². The molecule has 0 spiro atoms. The van der Waals surface area contributed by atoms with Gasteiger partial charge in [-0.05, 0) is 6.42 Å². The number of rotatable bonds is 3. The summed E-state index contributed by atoms with van der Waals surface area (Å²) >= 11 is 0. The summed E-state index contributed by atoms with van der Waals surface area (Å²) in [6, 6.07) is 1.99. The Labute approximate surface area is 54.2 Å². The number of nitriles is 1. The lowest BCUT2D eigenvalue weighted by Gasteiger charge is -1.98. The Bertz CT molecular complexity index is 123. The SMILES string of the molecule is N#CCCCNC(=N)N. The molecule has 0 rings (SSSR count). The number of nitrogens with two attached hydrogens (primary N) is 1. The van der Waals surface area contributed by atoms with Gasteiger partial charge < -0.3 is 11.1 Å². The van der Waals surface area contributed by atoms with Gasteiger partial charge >= 0.3 is 0 Å². The number of nitrogens with one attached hydrogen (secondary N) is 2. The van der Waals surface area contributed by atoms with Gasteiger partial charge in [0.25, 0.3) is 0 Å². The Hall–Kier alpha value is -1.24. The fraction of sp³-hybridized carbons (Fsp3) is 0.600. The van der Waals surface area contributed by atoms with Crippen LogP contribution in [-0.2, 0) is 0 Å². The Morgan fingerprint density at radius 3 is 2.89 bits per heavy atom. The molecule has 0 fully saturated rings. The molecule has 50 valence electrons. The first kappa shape index (κ1) is 7.76. The van der Waals surface area contributed by atoms with Gasteiger partial charge in [0.05, 0.1) is 6.07 Å². The van der Waals surface area contributed by atoms with Crippen LogP contribution in [0.2, 0.25) is 0 Å². The smallest absolute Gasteiger partial charge is 0.185 e. The van der Waals surface area contributed by atoms with E-state index in [0.29, 0.717) is 13.0 Å². The molecule has 4 nitrogen and oxygen atoms in total. The van der Waals surface area contributed by atoms with Crippen molar-refractivity contribution in [3.05, 3.63) is 0 Å². The molecule has 0 saturated heterocycles. The highest BCUT2D eigenvalue weighted by atomic mass is 15.0. The summed E-state index contributed by atoms with van der Waals surface area (Å²) in [4.78, 5) is 0. The average molecular weight is 126 g/mol. The lowest BCUT2D eigenvalue weighted by Crippen LogP contribution is -2.30. The minimum absolute atomic E-state index is 0.0343. The Morgan fingerprint density at radius 2 is 2.44 bits per heavy atom. The van der Waals surface area contributed by atoms with Crippen LogP contribution in [0.5, 0.6) is 0 Å². The summed E-state index contributed by atoms with van der Waals surface area (Å²) in [5.41, 5.74) is 4.96. The van der Waals surface area contributed by atoms with Gasteiger partial charge in [0.15, 0.2) is 5.96 Å². The van der Waals surface area contributed by atoms with Crippen LogP contribution in [0.15, 0.2) is 0 Å². The summed E-state index contributed by atoms with van der Waals surface area (Å²) in [6.45, 7) is 0.614. The van der Waals surface area contributed by atoms with Crippen LogP contribution in [0.1, 0.15) is 12.8 Å². The van der Waals surface area contributed by atoms with E-state index in [2.05, 4.69) is 5.32 Å². The van der Waals surface area contributed by atoms with Crippen molar-refractivity contribution in [3.8, 4) is 6.07 Å². The third-order valence-electron chi connectivity index (χ3n) is 0.781. The second kappa shape index (κ2) is 4.91. The van der Waals surface area contributed by atoms with Crippen molar-refractivity contribution in [2.75, 3.05) is 6.54 Å². The molecule has 0 aromatic carbocycles. The highest BCUT2D eigenvalue weighted by molar-refractivity contribution is 5.74. The quantitative estimate of drug-likeness (QED) is 0.277. The van der Waals surface area contributed by atoms with Crippen LogP contribution in [0.25, 0.3) is 0 Å². The van der Waals surface area contributed by atoms with Crippen LogP contribution < -0.4 is 11.1 Å². The lowest BCUT2D eigenvalue weighted by molar-refractivity contribution is 0.786. The van der Waals surface area contributed by atoms with Gasteiger partial charge in [0.1, 0.15) is 0 Å². The van der Waals surface area contributed by atoms with E-state index < -0.39 is 0 Å². The number of hydrogen-bond acceptors (Lipinski definition) is 2. The first-order valence-electron chi connectivity index (χ1n) is 2.72. The summed E-state index contributed by atoms with van der Waals surface area (Å²) in [6.07, 6.45) is 1.26. The zero-order chi connectivity index (χ0) is 7.11. The second-order valence-electron chi connectivity index (χ2n) is 1.60. The maximum atomic E-state index is 8.07. The summed E-state index contributed by atoms with van der Waals surface area (Å²) in [7, 11) is 0. The molecule has 0 aliphatic carbocycles. The number of hydrogen-bond donors (Lipinski definition) is 3. The minimum atomic E-state index is -0.0343. The highest BCUT2D eigenvalue weighted by Gasteiger charge is 1.85. The topological polar surface area (TPSA) is 85.7 Å². The highest BCUT2D eigenvalue weighted by Crippen LogP contribution is 1.80. The molecule has 0 heterocycles. The van der Waals surface area contributed by atoms with E-state index >= 15 is 0 Å². The number of unbranched alkanes of at least 4 members (excludes halogenated alkanes) is 1. The zero-order valence-corrected chi connectivity index (χ0v) is 5.15. The molecule has 0 aromatic rings. The van der Waals surface area contributed by atoms with E-state index in [0.717, 1.165) is 6.42 Å². The van der Waals surface area contributed by atoms with E-state index in [9.17, 15) is 0 Å². The molecule has 0 aromatic heterocycles. The van der Waals surface area contributed by atoms with Crippen molar-refractivity contribution in [3.63, 3.8) is 0 Å². The van der Waals surface area contributed by atoms with Crippen molar-refractivity contribution in [2.45, 2.75) is 12.8 Å². The largest absolute Gasteiger partial charge is 0.370 e. The zero-order valence-electron chi connectivity index (χ0n) is 5.15. The van der Waals surface area contributed by atoms with Gasteiger partial charge in [-0.15, -0.1) is 0 Å². The van der Waals surface area contributed by atoms with Gasteiger partial charge in [-0.3, -0.25) is 5.41 Å².